The van der Waals surface area contributed by atoms with Gasteiger partial charge in [-0.15, -0.1) is 0 Å². The van der Waals surface area contributed by atoms with E-state index in [1.807, 2.05) is 19.4 Å². The number of rotatable bonds is 7. The van der Waals surface area contributed by atoms with Crippen molar-refractivity contribution in [3.8, 4) is 5.75 Å². The van der Waals surface area contributed by atoms with Crippen LogP contribution in [0, 0.1) is 6.92 Å². The maximum Gasteiger partial charge on any atom is 0.123 e. The highest BCUT2D eigenvalue weighted by atomic mass is 16.5. The predicted octanol–water partition coefficient (Wildman–Crippen LogP) is 3.02. The van der Waals surface area contributed by atoms with E-state index in [9.17, 15) is 0 Å². The number of hydrogen-bond donors (Lipinski definition) is 1. The molecule has 0 amide bonds. The highest BCUT2D eigenvalue weighted by Crippen LogP contribution is 2.29. The van der Waals surface area contributed by atoms with Crippen LogP contribution in [0.15, 0.2) is 30.6 Å². The maximum absolute atomic E-state index is 5.53. The van der Waals surface area contributed by atoms with E-state index >= 15 is 0 Å². The smallest absolute Gasteiger partial charge is 0.123 e. The van der Waals surface area contributed by atoms with Gasteiger partial charge in [-0.1, -0.05) is 24.6 Å². The van der Waals surface area contributed by atoms with Gasteiger partial charge in [0.2, 0.25) is 0 Å². The molecular weight excluding hydrogens is 262 g/mol. The monoisotopic (exact) mass is 287 g/mol. The van der Waals surface area contributed by atoms with Gasteiger partial charge in [0, 0.05) is 37.5 Å². The molecule has 21 heavy (non-hydrogen) atoms. The van der Waals surface area contributed by atoms with Gasteiger partial charge in [0.15, 0.2) is 0 Å². The van der Waals surface area contributed by atoms with Crippen molar-refractivity contribution >= 4 is 0 Å². The van der Waals surface area contributed by atoms with Gasteiger partial charge in [-0.25, -0.2) is 4.98 Å². The highest BCUT2D eigenvalue weighted by Gasteiger charge is 2.16. The van der Waals surface area contributed by atoms with E-state index in [-0.39, 0.29) is 6.04 Å². The molecule has 1 aromatic heterocycles. The number of nitrogens with zero attached hydrogens (tertiary/aromatic N) is 2. The summed E-state index contributed by atoms with van der Waals surface area (Å²) in [5.74, 6) is 2.07. The second-order valence-electron chi connectivity index (χ2n) is 5.35. The Hall–Kier alpha value is -1.81. The lowest BCUT2D eigenvalue weighted by Crippen LogP contribution is -2.22. The summed E-state index contributed by atoms with van der Waals surface area (Å²) in [5, 5.41) is 3.57. The van der Waals surface area contributed by atoms with Crippen molar-refractivity contribution in [3.63, 3.8) is 0 Å². The zero-order valence-electron chi connectivity index (χ0n) is 13.4. The van der Waals surface area contributed by atoms with Crippen molar-refractivity contribution in [2.24, 2.45) is 7.05 Å². The van der Waals surface area contributed by atoms with E-state index in [1.54, 1.807) is 7.11 Å². The van der Waals surface area contributed by atoms with Crippen molar-refractivity contribution in [2.45, 2.75) is 32.7 Å². The number of aryl methyl sites for hydroxylation is 3. The number of hydrogen-bond acceptors (Lipinski definition) is 3. The summed E-state index contributed by atoms with van der Waals surface area (Å²) in [7, 11) is 3.77. The largest absolute Gasteiger partial charge is 0.496 e. The van der Waals surface area contributed by atoms with Gasteiger partial charge < -0.3 is 14.6 Å². The molecule has 2 rings (SSSR count). The highest BCUT2D eigenvalue weighted by molar-refractivity contribution is 5.39. The van der Waals surface area contributed by atoms with E-state index in [0.717, 1.165) is 31.0 Å². The molecule has 1 unspecified atom stereocenters. The third-order valence-electron chi connectivity index (χ3n) is 3.79. The molecule has 0 saturated carbocycles. The first-order valence-electron chi connectivity index (χ1n) is 7.49. The molecule has 0 bridgehead atoms. The second-order valence-corrected chi connectivity index (χ2v) is 5.35. The fourth-order valence-electron chi connectivity index (χ4n) is 2.65. The Bertz CT molecular complexity index is 577. The molecular formula is C17H25N3O. The molecule has 1 N–H and O–H groups in total. The fourth-order valence-corrected chi connectivity index (χ4v) is 2.65. The number of benzene rings is 1. The minimum Gasteiger partial charge on any atom is -0.496 e. The Morgan fingerprint density at radius 2 is 2.19 bits per heavy atom. The van der Waals surface area contributed by atoms with Crippen molar-refractivity contribution in [3.05, 3.63) is 47.5 Å². The molecule has 0 aliphatic heterocycles. The van der Waals surface area contributed by atoms with Crippen LogP contribution in [-0.4, -0.2) is 23.2 Å². The average Bonchev–Trinajstić information content (AvgIpc) is 2.89. The van der Waals surface area contributed by atoms with Gasteiger partial charge >= 0.3 is 0 Å². The number of imidazole rings is 1. The van der Waals surface area contributed by atoms with Crippen molar-refractivity contribution < 1.29 is 4.74 Å². The van der Waals surface area contributed by atoms with Gasteiger partial charge in [0.05, 0.1) is 7.11 Å². The normalized spacial score (nSPS) is 12.4. The molecule has 1 aromatic carbocycles. The van der Waals surface area contributed by atoms with Crippen LogP contribution in [0.25, 0.3) is 0 Å². The molecule has 0 aliphatic rings. The summed E-state index contributed by atoms with van der Waals surface area (Å²) in [6, 6.07) is 6.63. The Balaban J connectivity index is 2.18. The van der Waals surface area contributed by atoms with Crippen LogP contribution in [0.2, 0.25) is 0 Å². The van der Waals surface area contributed by atoms with E-state index in [0.29, 0.717) is 0 Å². The van der Waals surface area contributed by atoms with E-state index < -0.39 is 0 Å². The zero-order chi connectivity index (χ0) is 15.2. The molecule has 0 spiro atoms. The Morgan fingerprint density at radius 1 is 1.38 bits per heavy atom. The maximum atomic E-state index is 5.53. The number of methoxy groups -OCH3 is 1. The quantitative estimate of drug-likeness (QED) is 0.851. The average molecular weight is 287 g/mol. The minimum absolute atomic E-state index is 0.279. The van der Waals surface area contributed by atoms with Crippen LogP contribution in [-0.2, 0) is 13.5 Å². The molecule has 114 valence electrons. The molecule has 4 heteroatoms. The lowest BCUT2D eigenvalue weighted by molar-refractivity contribution is 0.395. The molecule has 0 radical (unpaired) electrons. The third kappa shape index (κ3) is 3.85. The zero-order valence-corrected chi connectivity index (χ0v) is 13.4. The Morgan fingerprint density at radius 3 is 2.81 bits per heavy atom. The summed E-state index contributed by atoms with van der Waals surface area (Å²) in [6.45, 7) is 5.18. The van der Waals surface area contributed by atoms with E-state index in [1.165, 1.54) is 11.1 Å². The lowest BCUT2D eigenvalue weighted by atomic mass is 9.98. The molecule has 4 nitrogen and oxygen atoms in total. The molecule has 0 saturated heterocycles. The first-order chi connectivity index (χ1) is 10.2. The summed E-state index contributed by atoms with van der Waals surface area (Å²) in [6.07, 6.45) is 5.78. The number of nitrogens with one attached hydrogen (secondary N) is 1. The van der Waals surface area contributed by atoms with Gasteiger partial charge in [-0.3, -0.25) is 0 Å². The van der Waals surface area contributed by atoms with Crippen molar-refractivity contribution in [2.75, 3.05) is 13.7 Å². The summed E-state index contributed by atoms with van der Waals surface area (Å²) in [5.41, 5.74) is 2.49. The Kier molecular flexibility index (Phi) is 5.39. The van der Waals surface area contributed by atoms with Gasteiger partial charge in [-0.2, -0.15) is 0 Å². The molecule has 0 fully saturated rings. The van der Waals surface area contributed by atoms with Crippen molar-refractivity contribution in [1.82, 2.24) is 14.9 Å². The standard InChI is InChI=1S/C17H25N3O/c1-5-18-15(7-9-17-19-10-11-20(17)3)14-12-13(2)6-8-16(14)21-4/h6,8,10-12,15,18H,5,7,9H2,1-4H3. The van der Waals surface area contributed by atoms with Crippen LogP contribution >= 0.6 is 0 Å². The molecule has 2 aromatic rings. The van der Waals surface area contributed by atoms with Crippen molar-refractivity contribution in [1.29, 1.82) is 0 Å². The van der Waals surface area contributed by atoms with Gasteiger partial charge in [0.25, 0.3) is 0 Å². The first kappa shape index (κ1) is 15.6. The first-order valence-corrected chi connectivity index (χ1v) is 7.49. The van der Waals surface area contributed by atoms with Gasteiger partial charge in [-0.05, 0) is 26.0 Å². The topological polar surface area (TPSA) is 39.1 Å². The molecule has 1 atom stereocenters. The fraction of sp³-hybridized carbons (Fsp3) is 0.471. The third-order valence-corrected chi connectivity index (χ3v) is 3.79. The van der Waals surface area contributed by atoms with Crippen LogP contribution in [0.3, 0.4) is 0 Å². The lowest BCUT2D eigenvalue weighted by Gasteiger charge is -2.21. The SMILES string of the molecule is CCNC(CCc1nccn1C)c1cc(C)ccc1OC. The van der Waals surface area contributed by atoms with E-state index in [4.69, 9.17) is 4.74 Å². The second kappa shape index (κ2) is 7.27. The molecule has 0 aliphatic carbocycles. The van der Waals surface area contributed by atoms with E-state index in [2.05, 4.69) is 46.9 Å². The van der Waals surface area contributed by atoms with Crippen LogP contribution < -0.4 is 10.1 Å². The summed E-state index contributed by atoms with van der Waals surface area (Å²) >= 11 is 0. The van der Waals surface area contributed by atoms with Crippen LogP contribution in [0.5, 0.6) is 5.75 Å². The Labute approximate surface area is 127 Å². The van der Waals surface area contributed by atoms with Crippen LogP contribution in [0.1, 0.15) is 36.3 Å². The summed E-state index contributed by atoms with van der Waals surface area (Å²) < 4.78 is 7.61. The molecule has 1 heterocycles. The van der Waals surface area contributed by atoms with Gasteiger partial charge in [0.1, 0.15) is 11.6 Å². The minimum atomic E-state index is 0.279. The number of ether oxygens (including phenoxy) is 1. The van der Waals surface area contributed by atoms with Crippen LogP contribution in [0.4, 0.5) is 0 Å². The predicted molar refractivity (Wildman–Crippen MR) is 85.7 cm³/mol. The number of aromatic nitrogens is 2. The summed E-state index contributed by atoms with van der Waals surface area (Å²) in [4.78, 5) is 4.41.